The largest absolute Gasteiger partial charge is 0.376 e. The summed E-state index contributed by atoms with van der Waals surface area (Å²) < 4.78 is 6.71. The Bertz CT molecular complexity index is 456. The van der Waals surface area contributed by atoms with E-state index in [4.69, 9.17) is 4.74 Å². The summed E-state index contributed by atoms with van der Waals surface area (Å²) >= 11 is 3.41. The number of anilines is 1. The Morgan fingerprint density at radius 3 is 3.11 bits per heavy atom. The summed E-state index contributed by atoms with van der Waals surface area (Å²) in [5, 5.41) is 9.24. The normalized spacial score (nSPS) is 20.3. The first-order valence-electron chi connectivity index (χ1n) is 6.30. The van der Waals surface area contributed by atoms with Gasteiger partial charge in [-0.15, -0.1) is 0 Å². The van der Waals surface area contributed by atoms with Crippen molar-refractivity contribution in [1.82, 2.24) is 0 Å². The molecule has 0 bridgehead atoms. The van der Waals surface area contributed by atoms with Gasteiger partial charge < -0.3 is 9.64 Å². The molecule has 1 atom stereocenters. The van der Waals surface area contributed by atoms with Crippen LogP contribution >= 0.6 is 15.9 Å². The fourth-order valence-electron chi connectivity index (χ4n) is 2.23. The van der Waals surface area contributed by atoms with Gasteiger partial charge in [0.25, 0.3) is 0 Å². The Morgan fingerprint density at radius 1 is 1.56 bits per heavy atom. The number of hydrogen-bond acceptors (Lipinski definition) is 3. The Labute approximate surface area is 116 Å². The zero-order valence-electron chi connectivity index (χ0n) is 10.5. The molecule has 0 saturated carbocycles. The molecule has 1 unspecified atom stereocenters. The van der Waals surface area contributed by atoms with Crippen LogP contribution in [0.1, 0.15) is 25.3 Å². The van der Waals surface area contributed by atoms with Crippen LogP contribution in [0.5, 0.6) is 0 Å². The van der Waals surface area contributed by atoms with E-state index in [0.717, 1.165) is 48.3 Å². The van der Waals surface area contributed by atoms with Crippen LogP contribution in [0, 0.1) is 11.3 Å². The molecule has 0 N–H and O–H groups in total. The van der Waals surface area contributed by atoms with Gasteiger partial charge in [-0.3, -0.25) is 0 Å². The van der Waals surface area contributed by atoms with Crippen molar-refractivity contribution < 1.29 is 4.74 Å². The third-order valence-electron chi connectivity index (χ3n) is 3.23. The standard InChI is InChI=1S/C14H17BrN2O/c1-2-13-10-17(6-3-7-18-13)14-5-4-12(15)8-11(14)9-16/h4-5,8,13H,2-3,6-7,10H2,1H3. The van der Waals surface area contributed by atoms with Gasteiger partial charge in [0.05, 0.1) is 17.4 Å². The molecule has 0 aromatic heterocycles. The molecule has 2 rings (SSSR count). The van der Waals surface area contributed by atoms with Gasteiger partial charge in [0.2, 0.25) is 0 Å². The van der Waals surface area contributed by atoms with Crippen LogP contribution < -0.4 is 4.90 Å². The highest BCUT2D eigenvalue weighted by molar-refractivity contribution is 9.10. The Hall–Kier alpha value is -1.05. The summed E-state index contributed by atoms with van der Waals surface area (Å²) in [4.78, 5) is 2.27. The molecule has 1 aliphatic rings. The Kier molecular flexibility index (Phi) is 4.62. The van der Waals surface area contributed by atoms with Gasteiger partial charge in [0, 0.05) is 24.2 Å². The number of hydrogen-bond donors (Lipinski definition) is 0. The Morgan fingerprint density at radius 2 is 2.39 bits per heavy atom. The first kappa shape index (κ1) is 13.4. The maximum Gasteiger partial charge on any atom is 0.101 e. The molecule has 1 aliphatic heterocycles. The van der Waals surface area contributed by atoms with Crippen molar-refractivity contribution in [2.75, 3.05) is 24.6 Å². The smallest absolute Gasteiger partial charge is 0.101 e. The Balaban J connectivity index is 2.26. The quantitative estimate of drug-likeness (QED) is 0.841. The van der Waals surface area contributed by atoms with Crippen LogP contribution in [0.25, 0.3) is 0 Å². The van der Waals surface area contributed by atoms with Crippen molar-refractivity contribution in [3.8, 4) is 6.07 Å². The molecule has 1 aromatic carbocycles. The zero-order chi connectivity index (χ0) is 13.0. The zero-order valence-corrected chi connectivity index (χ0v) is 12.1. The molecule has 0 radical (unpaired) electrons. The number of benzene rings is 1. The van der Waals surface area contributed by atoms with Crippen molar-refractivity contribution in [2.24, 2.45) is 0 Å². The number of nitriles is 1. The third-order valence-corrected chi connectivity index (χ3v) is 3.72. The fourth-order valence-corrected chi connectivity index (χ4v) is 2.60. The summed E-state index contributed by atoms with van der Waals surface area (Å²) in [6.45, 7) is 4.77. The molecular formula is C14H17BrN2O. The highest BCUT2D eigenvalue weighted by Gasteiger charge is 2.19. The molecule has 1 saturated heterocycles. The molecule has 3 nitrogen and oxygen atoms in total. The maximum atomic E-state index is 9.24. The molecule has 0 aliphatic carbocycles. The van der Waals surface area contributed by atoms with Gasteiger partial charge in [-0.05, 0) is 31.0 Å². The maximum absolute atomic E-state index is 9.24. The molecule has 1 aromatic rings. The second kappa shape index (κ2) is 6.21. The first-order valence-corrected chi connectivity index (χ1v) is 7.10. The van der Waals surface area contributed by atoms with E-state index in [1.807, 2.05) is 18.2 Å². The van der Waals surface area contributed by atoms with E-state index >= 15 is 0 Å². The van der Waals surface area contributed by atoms with Crippen molar-refractivity contribution in [2.45, 2.75) is 25.9 Å². The average Bonchev–Trinajstić information content (AvgIpc) is 2.63. The fraction of sp³-hybridized carbons (Fsp3) is 0.500. The molecule has 96 valence electrons. The predicted molar refractivity (Wildman–Crippen MR) is 75.7 cm³/mol. The van der Waals surface area contributed by atoms with Gasteiger partial charge in [-0.2, -0.15) is 5.26 Å². The van der Waals surface area contributed by atoms with Crippen LogP contribution in [0.2, 0.25) is 0 Å². The number of rotatable bonds is 2. The van der Waals surface area contributed by atoms with E-state index < -0.39 is 0 Å². The first-order chi connectivity index (χ1) is 8.74. The number of halogens is 1. The van der Waals surface area contributed by atoms with E-state index in [1.54, 1.807) is 0 Å². The van der Waals surface area contributed by atoms with E-state index in [0.29, 0.717) is 0 Å². The molecule has 18 heavy (non-hydrogen) atoms. The van der Waals surface area contributed by atoms with Gasteiger partial charge in [-0.25, -0.2) is 0 Å². The van der Waals surface area contributed by atoms with E-state index in [2.05, 4.69) is 33.8 Å². The van der Waals surface area contributed by atoms with E-state index in [1.165, 1.54) is 0 Å². The van der Waals surface area contributed by atoms with Crippen LogP contribution in [0.15, 0.2) is 22.7 Å². The summed E-state index contributed by atoms with van der Waals surface area (Å²) in [6.07, 6.45) is 2.29. The number of ether oxygens (including phenoxy) is 1. The minimum absolute atomic E-state index is 0.266. The van der Waals surface area contributed by atoms with Crippen LogP contribution in [0.4, 0.5) is 5.69 Å². The molecule has 4 heteroatoms. The summed E-state index contributed by atoms with van der Waals surface area (Å²) in [5.74, 6) is 0. The van der Waals surface area contributed by atoms with Crippen molar-refractivity contribution in [3.63, 3.8) is 0 Å². The highest BCUT2D eigenvalue weighted by atomic mass is 79.9. The summed E-state index contributed by atoms with van der Waals surface area (Å²) in [5.41, 5.74) is 1.74. The lowest BCUT2D eigenvalue weighted by Crippen LogP contribution is -2.31. The van der Waals surface area contributed by atoms with Gasteiger partial charge >= 0.3 is 0 Å². The monoisotopic (exact) mass is 308 g/mol. The van der Waals surface area contributed by atoms with Crippen LogP contribution in [-0.2, 0) is 4.74 Å². The van der Waals surface area contributed by atoms with E-state index in [9.17, 15) is 5.26 Å². The van der Waals surface area contributed by atoms with Crippen molar-refractivity contribution in [1.29, 1.82) is 5.26 Å². The number of nitrogens with zero attached hydrogens (tertiary/aromatic N) is 2. The molecule has 0 amide bonds. The topological polar surface area (TPSA) is 36.3 Å². The summed E-state index contributed by atoms with van der Waals surface area (Å²) in [6, 6.07) is 8.16. The second-order valence-electron chi connectivity index (χ2n) is 4.47. The van der Waals surface area contributed by atoms with Crippen LogP contribution in [0.3, 0.4) is 0 Å². The van der Waals surface area contributed by atoms with Crippen molar-refractivity contribution >= 4 is 21.6 Å². The van der Waals surface area contributed by atoms with Crippen molar-refractivity contribution in [3.05, 3.63) is 28.2 Å². The second-order valence-corrected chi connectivity index (χ2v) is 5.39. The van der Waals surface area contributed by atoms with Gasteiger partial charge in [-0.1, -0.05) is 22.9 Å². The van der Waals surface area contributed by atoms with Gasteiger partial charge in [0.15, 0.2) is 0 Å². The lowest BCUT2D eigenvalue weighted by atomic mass is 10.1. The summed E-state index contributed by atoms with van der Waals surface area (Å²) in [7, 11) is 0. The predicted octanol–water partition coefficient (Wildman–Crippen LogP) is 3.33. The third kappa shape index (κ3) is 3.04. The molecule has 0 spiro atoms. The molecule has 1 fully saturated rings. The minimum atomic E-state index is 0.266. The van der Waals surface area contributed by atoms with Gasteiger partial charge in [0.1, 0.15) is 6.07 Å². The lowest BCUT2D eigenvalue weighted by Gasteiger charge is -2.26. The highest BCUT2D eigenvalue weighted by Crippen LogP contribution is 2.26. The lowest BCUT2D eigenvalue weighted by molar-refractivity contribution is 0.0664. The molecular weight excluding hydrogens is 292 g/mol. The molecule has 1 heterocycles. The minimum Gasteiger partial charge on any atom is -0.376 e. The SMILES string of the molecule is CCC1CN(c2ccc(Br)cc2C#N)CCCO1. The average molecular weight is 309 g/mol. The van der Waals surface area contributed by atoms with E-state index in [-0.39, 0.29) is 6.10 Å². The van der Waals surface area contributed by atoms with Crippen LogP contribution in [-0.4, -0.2) is 25.8 Å².